The molecule has 0 fully saturated rings. The van der Waals surface area contributed by atoms with E-state index in [1.54, 1.807) is 6.92 Å². The van der Waals surface area contributed by atoms with E-state index >= 15 is 0 Å². The summed E-state index contributed by atoms with van der Waals surface area (Å²) < 4.78 is 0. The predicted octanol–water partition coefficient (Wildman–Crippen LogP) is 3.18. The Balaban J connectivity index is 1.64. The molecule has 1 N–H and O–H groups in total. The molecule has 0 radical (unpaired) electrons. The molecule has 0 atom stereocenters. The molecule has 0 bridgehead atoms. The second-order valence-electron chi connectivity index (χ2n) is 5.88. The summed E-state index contributed by atoms with van der Waals surface area (Å²) >= 11 is 1.53. The van der Waals surface area contributed by atoms with Gasteiger partial charge in [0.15, 0.2) is 5.78 Å². The van der Waals surface area contributed by atoms with Gasteiger partial charge in [-0.1, -0.05) is 0 Å². The van der Waals surface area contributed by atoms with Gasteiger partial charge in [0, 0.05) is 18.8 Å². The van der Waals surface area contributed by atoms with Crippen LogP contribution in [0.5, 0.6) is 0 Å². The van der Waals surface area contributed by atoms with E-state index in [0.717, 1.165) is 30.8 Å². The quantitative estimate of drug-likeness (QED) is 0.863. The van der Waals surface area contributed by atoms with E-state index in [1.807, 2.05) is 6.07 Å². The lowest BCUT2D eigenvalue weighted by molar-refractivity contribution is 0.102. The monoisotopic (exact) mass is 303 g/mol. The molecule has 2 aromatic rings. The SMILES string of the molecule is CC(=O)c1cc(CN(C)Cc2n[nH]c3c2CCCC3)cs1. The Hall–Kier alpha value is -1.46. The molecular weight excluding hydrogens is 282 g/mol. The molecule has 0 saturated carbocycles. The van der Waals surface area contributed by atoms with Crippen LogP contribution < -0.4 is 0 Å². The number of nitrogens with one attached hydrogen (secondary N) is 1. The molecule has 0 aromatic carbocycles. The van der Waals surface area contributed by atoms with Crippen molar-refractivity contribution in [3.63, 3.8) is 0 Å². The minimum Gasteiger partial charge on any atom is -0.296 e. The summed E-state index contributed by atoms with van der Waals surface area (Å²) in [6, 6.07) is 2.00. The van der Waals surface area contributed by atoms with Crippen molar-refractivity contribution in [3.8, 4) is 0 Å². The number of aromatic nitrogens is 2. The summed E-state index contributed by atoms with van der Waals surface area (Å²) in [6.45, 7) is 3.33. The van der Waals surface area contributed by atoms with Gasteiger partial charge in [0.2, 0.25) is 0 Å². The van der Waals surface area contributed by atoms with Crippen LogP contribution in [0.1, 0.15) is 52.0 Å². The minimum absolute atomic E-state index is 0.148. The fourth-order valence-electron chi connectivity index (χ4n) is 2.95. The smallest absolute Gasteiger partial charge is 0.169 e. The molecule has 21 heavy (non-hydrogen) atoms. The lowest BCUT2D eigenvalue weighted by Gasteiger charge is -2.17. The highest BCUT2D eigenvalue weighted by Gasteiger charge is 2.17. The van der Waals surface area contributed by atoms with E-state index < -0.39 is 0 Å². The van der Waals surface area contributed by atoms with E-state index in [9.17, 15) is 4.79 Å². The van der Waals surface area contributed by atoms with Gasteiger partial charge in [-0.05, 0) is 62.2 Å². The minimum atomic E-state index is 0.148. The van der Waals surface area contributed by atoms with Gasteiger partial charge in [-0.2, -0.15) is 5.10 Å². The number of carbonyl (C=O) groups is 1. The van der Waals surface area contributed by atoms with E-state index in [-0.39, 0.29) is 5.78 Å². The van der Waals surface area contributed by atoms with Crippen molar-refractivity contribution in [3.05, 3.63) is 38.8 Å². The van der Waals surface area contributed by atoms with Crippen molar-refractivity contribution in [2.45, 2.75) is 45.7 Å². The number of hydrogen-bond donors (Lipinski definition) is 1. The average Bonchev–Trinajstić information content (AvgIpc) is 3.07. The van der Waals surface area contributed by atoms with Crippen LogP contribution >= 0.6 is 11.3 Å². The van der Waals surface area contributed by atoms with Crippen molar-refractivity contribution in [2.24, 2.45) is 0 Å². The fraction of sp³-hybridized carbons (Fsp3) is 0.500. The van der Waals surface area contributed by atoms with Crippen LogP contribution in [0.4, 0.5) is 0 Å². The van der Waals surface area contributed by atoms with E-state index in [2.05, 4.69) is 27.5 Å². The fourth-order valence-corrected chi connectivity index (χ4v) is 3.75. The first kappa shape index (κ1) is 14.5. The molecule has 2 heterocycles. The van der Waals surface area contributed by atoms with E-state index in [4.69, 9.17) is 0 Å². The summed E-state index contributed by atoms with van der Waals surface area (Å²) in [5.74, 6) is 0.148. The zero-order chi connectivity index (χ0) is 14.8. The van der Waals surface area contributed by atoms with Gasteiger partial charge in [-0.3, -0.25) is 14.8 Å². The Kier molecular flexibility index (Phi) is 4.22. The topological polar surface area (TPSA) is 49.0 Å². The van der Waals surface area contributed by atoms with Gasteiger partial charge in [0.25, 0.3) is 0 Å². The lowest BCUT2D eigenvalue weighted by Crippen LogP contribution is -2.18. The molecule has 0 aliphatic heterocycles. The van der Waals surface area contributed by atoms with Crippen LogP contribution in [-0.2, 0) is 25.9 Å². The van der Waals surface area contributed by atoms with Crippen LogP contribution in [0.15, 0.2) is 11.4 Å². The molecule has 0 amide bonds. The van der Waals surface area contributed by atoms with Crippen molar-refractivity contribution >= 4 is 17.1 Å². The molecule has 5 heteroatoms. The number of aromatic amines is 1. The number of ketones is 1. The van der Waals surface area contributed by atoms with Crippen LogP contribution in [0, 0.1) is 0 Å². The molecule has 0 spiro atoms. The molecule has 1 aliphatic rings. The number of H-pyrrole nitrogens is 1. The summed E-state index contributed by atoms with van der Waals surface area (Å²) in [7, 11) is 2.11. The van der Waals surface area contributed by atoms with Gasteiger partial charge < -0.3 is 0 Å². The zero-order valence-corrected chi connectivity index (χ0v) is 13.4. The van der Waals surface area contributed by atoms with Gasteiger partial charge in [-0.15, -0.1) is 11.3 Å². The Bertz CT molecular complexity index is 644. The number of Topliss-reactive ketones (excluding diaryl/α,β-unsaturated/α-hetero) is 1. The second-order valence-corrected chi connectivity index (χ2v) is 6.79. The molecule has 4 nitrogen and oxygen atoms in total. The van der Waals surface area contributed by atoms with Crippen molar-refractivity contribution in [1.29, 1.82) is 0 Å². The van der Waals surface area contributed by atoms with Crippen molar-refractivity contribution in [2.75, 3.05) is 7.05 Å². The molecule has 112 valence electrons. The van der Waals surface area contributed by atoms with E-state index in [0.29, 0.717) is 0 Å². The molecule has 1 aliphatic carbocycles. The Labute approximate surface area is 129 Å². The molecule has 2 aromatic heterocycles. The number of aryl methyl sites for hydroxylation is 1. The molecular formula is C16H21N3OS. The first-order chi connectivity index (χ1) is 10.1. The third-order valence-electron chi connectivity index (χ3n) is 4.01. The maximum absolute atomic E-state index is 11.3. The average molecular weight is 303 g/mol. The van der Waals surface area contributed by atoms with Gasteiger partial charge in [0.05, 0.1) is 10.6 Å². The first-order valence-electron chi connectivity index (χ1n) is 7.45. The highest BCUT2D eigenvalue weighted by Crippen LogP contribution is 2.23. The van der Waals surface area contributed by atoms with E-state index in [1.165, 1.54) is 46.7 Å². The largest absolute Gasteiger partial charge is 0.296 e. The lowest BCUT2D eigenvalue weighted by atomic mass is 9.96. The van der Waals surface area contributed by atoms with Crippen LogP contribution in [0.2, 0.25) is 0 Å². The third-order valence-corrected chi connectivity index (χ3v) is 5.09. The molecule has 3 rings (SSSR count). The molecule has 0 unspecified atom stereocenters. The summed E-state index contributed by atoms with van der Waals surface area (Å²) in [5, 5.41) is 9.77. The second kappa shape index (κ2) is 6.12. The third kappa shape index (κ3) is 3.24. The van der Waals surface area contributed by atoms with Crippen LogP contribution in [0.3, 0.4) is 0 Å². The maximum atomic E-state index is 11.3. The highest BCUT2D eigenvalue weighted by atomic mass is 32.1. The summed E-state index contributed by atoms with van der Waals surface area (Å²) in [5.41, 5.74) is 5.16. The first-order valence-corrected chi connectivity index (χ1v) is 8.33. The Morgan fingerprint density at radius 3 is 2.95 bits per heavy atom. The Morgan fingerprint density at radius 2 is 2.19 bits per heavy atom. The number of nitrogens with zero attached hydrogens (tertiary/aromatic N) is 2. The van der Waals surface area contributed by atoms with Crippen LogP contribution in [0.25, 0.3) is 0 Å². The maximum Gasteiger partial charge on any atom is 0.169 e. The Morgan fingerprint density at radius 1 is 1.38 bits per heavy atom. The molecule has 0 saturated heterocycles. The predicted molar refractivity (Wildman–Crippen MR) is 84.7 cm³/mol. The number of carbonyl (C=O) groups excluding carboxylic acids is 1. The number of rotatable bonds is 5. The van der Waals surface area contributed by atoms with Gasteiger partial charge >= 0.3 is 0 Å². The van der Waals surface area contributed by atoms with Gasteiger partial charge in [0.1, 0.15) is 0 Å². The number of thiophene rings is 1. The normalized spacial score (nSPS) is 14.4. The highest BCUT2D eigenvalue weighted by molar-refractivity contribution is 7.12. The van der Waals surface area contributed by atoms with Crippen molar-refractivity contribution < 1.29 is 4.79 Å². The standard InChI is InChI=1S/C16H21N3OS/c1-11(20)16-7-12(10-21-16)8-19(2)9-15-13-5-3-4-6-14(13)17-18-15/h7,10H,3-6,8-9H2,1-2H3,(H,17,18). The summed E-state index contributed by atoms with van der Waals surface area (Å²) in [6.07, 6.45) is 4.84. The van der Waals surface area contributed by atoms with Crippen molar-refractivity contribution in [1.82, 2.24) is 15.1 Å². The van der Waals surface area contributed by atoms with Gasteiger partial charge in [-0.25, -0.2) is 0 Å². The number of hydrogen-bond acceptors (Lipinski definition) is 4. The van der Waals surface area contributed by atoms with Crippen LogP contribution in [-0.4, -0.2) is 27.9 Å². The number of fused-ring (bicyclic) bond motifs is 1. The summed E-state index contributed by atoms with van der Waals surface area (Å²) in [4.78, 5) is 14.4. The zero-order valence-electron chi connectivity index (χ0n) is 12.6.